The zero-order valence-corrected chi connectivity index (χ0v) is 11.6. The van der Waals surface area contributed by atoms with Crippen LogP contribution in [-0.2, 0) is 0 Å². The van der Waals surface area contributed by atoms with E-state index in [2.05, 4.69) is 10.4 Å². The summed E-state index contributed by atoms with van der Waals surface area (Å²) >= 11 is 1.17. The lowest BCUT2D eigenvalue weighted by Gasteiger charge is -2.01. The van der Waals surface area contributed by atoms with Crippen molar-refractivity contribution in [2.75, 3.05) is 5.73 Å². The summed E-state index contributed by atoms with van der Waals surface area (Å²) in [5, 5.41) is 0.699. The van der Waals surface area contributed by atoms with Gasteiger partial charge in [-0.2, -0.15) is 0 Å². The van der Waals surface area contributed by atoms with Gasteiger partial charge in [-0.15, -0.1) is 11.3 Å². The molecular formula is C14H11FN4OS. The standard InChI is InChI=1S/C14H11FN4OS/c15-8-3-1-7(2-4-8)10-6-5-9-11(16)12(13(20)19-17)21-14(9)18-10/h1-6H,16-17H2,(H,19,20). The fourth-order valence-corrected chi connectivity index (χ4v) is 3.01. The van der Waals surface area contributed by atoms with Crippen LogP contribution in [-0.4, -0.2) is 10.9 Å². The first-order valence-electron chi connectivity index (χ1n) is 6.06. The third-order valence-corrected chi connectivity index (χ3v) is 4.19. The van der Waals surface area contributed by atoms with Crippen molar-refractivity contribution in [3.05, 3.63) is 47.1 Å². The van der Waals surface area contributed by atoms with Gasteiger partial charge in [-0.05, 0) is 36.4 Å². The van der Waals surface area contributed by atoms with Crippen LogP contribution in [0.4, 0.5) is 10.1 Å². The Balaban J connectivity index is 2.12. The second kappa shape index (κ2) is 5.12. The first-order chi connectivity index (χ1) is 10.1. The van der Waals surface area contributed by atoms with Gasteiger partial charge in [-0.3, -0.25) is 10.2 Å². The lowest BCUT2D eigenvalue weighted by atomic mass is 10.1. The van der Waals surface area contributed by atoms with Gasteiger partial charge in [0.15, 0.2) is 0 Å². The molecule has 0 bridgehead atoms. The fraction of sp³-hybridized carbons (Fsp3) is 0. The molecule has 5 nitrogen and oxygen atoms in total. The van der Waals surface area contributed by atoms with Crippen LogP contribution in [0.5, 0.6) is 0 Å². The Labute approximate surface area is 123 Å². The van der Waals surface area contributed by atoms with Crippen LogP contribution in [0.15, 0.2) is 36.4 Å². The van der Waals surface area contributed by atoms with Crippen LogP contribution >= 0.6 is 11.3 Å². The van der Waals surface area contributed by atoms with Crippen molar-refractivity contribution < 1.29 is 9.18 Å². The molecule has 0 aliphatic heterocycles. The van der Waals surface area contributed by atoms with E-state index in [0.29, 0.717) is 26.5 Å². The van der Waals surface area contributed by atoms with E-state index >= 15 is 0 Å². The molecule has 106 valence electrons. The predicted molar refractivity (Wildman–Crippen MR) is 81.1 cm³/mol. The summed E-state index contributed by atoms with van der Waals surface area (Å²) in [5.74, 6) is 4.38. The Bertz CT molecular complexity index is 829. The number of hydrazine groups is 1. The SMILES string of the molecule is NNC(=O)c1sc2nc(-c3ccc(F)cc3)ccc2c1N. The van der Waals surface area contributed by atoms with Gasteiger partial charge in [0.1, 0.15) is 15.5 Å². The summed E-state index contributed by atoms with van der Waals surface area (Å²) in [5.41, 5.74) is 9.81. The molecule has 0 fully saturated rings. The van der Waals surface area contributed by atoms with E-state index in [1.807, 2.05) is 0 Å². The predicted octanol–water partition coefficient (Wildman–Crippen LogP) is 2.29. The van der Waals surface area contributed by atoms with Crippen LogP contribution in [0.1, 0.15) is 9.67 Å². The number of carbonyl (C=O) groups excluding carboxylic acids is 1. The number of carbonyl (C=O) groups is 1. The molecule has 0 atom stereocenters. The number of nitrogen functional groups attached to an aromatic ring is 2. The summed E-state index contributed by atoms with van der Waals surface area (Å²) in [4.78, 5) is 17.1. The molecule has 0 aliphatic carbocycles. The first-order valence-corrected chi connectivity index (χ1v) is 6.87. The summed E-state index contributed by atoms with van der Waals surface area (Å²) in [6.07, 6.45) is 0. The lowest BCUT2D eigenvalue weighted by Crippen LogP contribution is -2.29. The summed E-state index contributed by atoms with van der Waals surface area (Å²) < 4.78 is 12.9. The topological polar surface area (TPSA) is 94.0 Å². The maximum atomic E-state index is 12.9. The highest BCUT2D eigenvalue weighted by Crippen LogP contribution is 2.33. The highest BCUT2D eigenvalue weighted by atomic mass is 32.1. The number of hydrogen-bond acceptors (Lipinski definition) is 5. The van der Waals surface area contributed by atoms with Crippen molar-refractivity contribution in [2.45, 2.75) is 0 Å². The molecule has 1 aromatic carbocycles. The van der Waals surface area contributed by atoms with Crippen LogP contribution < -0.4 is 17.0 Å². The van der Waals surface area contributed by atoms with Gasteiger partial charge in [-0.25, -0.2) is 15.2 Å². The number of nitrogens with zero attached hydrogens (tertiary/aromatic N) is 1. The van der Waals surface area contributed by atoms with E-state index in [1.165, 1.54) is 23.5 Å². The number of hydrogen-bond donors (Lipinski definition) is 3. The molecule has 0 saturated carbocycles. The number of nitrogens with two attached hydrogens (primary N) is 2. The average molecular weight is 302 g/mol. The van der Waals surface area contributed by atoms with Crippen molar-refractivity contribution >= 4 is 33.1 Å². The van der Waals surface area contributed by atoms with Gasteiger partial charge < -0.3 is 5.73 Å². The van der Waals surface area contributed by atoms with E-state index in [4.69, 9.17) is 11.6 Å². The van der Waals surface area contributed by atoms with Crippen molar-refractivity contribution in [3.63, 3.8) is 0 Å². The fourth-order valence-electron chi connectivity index (χ4n) is 2.01. The maximum Gasteiger partial charge on any atom is 0.277 e. The zero-order valence-electron chi connectivity index (χ0n) is 10.8. The molecule has 7 heteroatoms. The molecule has 21 heavy (non-hydrogen) atoms. The number of anilines is 1. The smallest absolute Gasteiger partial charge is 0.277 e. The number of benzene rings is 1. The van der Waals surface area contributed by atoms with E-state index < -0.39 is 5.91 Å². The number of halogens is 1. The van der Waals surface area contributed by atoms with Crippen LogP contribution in [0.25, 0.3) is 21.5 Å². The van der Waals surface area contributed by atoms with Crippen LogP contribution in [0, 0.1) is 5.82 Å². The number of rotatable bonds is 2. The Morgan fingerprint density at radius 1 is 1.19 bits per heavy atom. The van der Waals surface area contributed by atoms with E-state index in [1.54, 1.807) is 24.3 Å². The molecule has 0 saturated heterocycles. The highest BCUT2D eigenvalue weighted by Gasteiger charge is 2.16. The van der Waals surface area contributed by atoms with E-state index in [0.717, 1.165) is 5.56 Å². The summed E-state index contributed by atoms with van der Waals surface area (Å²) in [6.45, 7) is 0. The lowest BCUT2D eigenvalue weighted by molar-refractivity contribution is 0.0958. The van der Waals surface area contributed by atoms with Gasteiger partial charge in [0.2, 0.25) is 0 Å². The second-order valence-corrected chi connectivity index (χ2v) is 5.37. The molecule has 0 unspecified atom stereocenters. The molecule has 0 radical (unpaired) electrons. The molecule has 1 amide bonds. The van der Waals surface area contributed by atoms with E-state index in [-0.39, 0.29) is 5.82 Å². The number of fused-ring (bicyclic) bond motifs is 1. The molecule has 5 N–H and O–H groups in total. The number of pyridine rings is 1. The van der Waals surface area contributed by atoms with Gasteiger partial charge in [-0.1, -0.05) is 0 Å². The Hall–Kier alpha value is -2.51. The normalized spacial score (nSPS) is 10.8. The minimum atomic E-state index is -0.446. The Morgan fingerprint density at radius 3 is 2.57 bits per heavy atom. The number of thiophene rings is 1. The third kappa shape index (κ3) is 2.32. The van der Waals surface area contributed by atoms with Crippen molar-refractivity contribution in [1.29, 1.82) is 0 Å². The maximum absolute atomic E-state index is 12.9. The molecule has 3 rings (SSSR count). The largest absolute Gasteiger partial charge is 0.397 e. The zero-order chi connectivity index (χ0) is 15.0. The van der Waals surface area contributed by atoms with Crippen molar-refractivity contribution in [2.24, 2.45) is 5.84 Å². The molecule has 0 aliphatic rings. The van der Waals surface area contributed by atoms with Crippen LogP contribution in [0.2, 0.25) is 0 Å². The van der Waals surface area contributed by atoms with Crippen molar-refractivity contribution in [3.8, 4) is 11.3 Å². The average Bonchev–Trinajstić information content (AvgIpc) is 2.84. The van der Waals surface area contributed by atoms with Gasteiger partial charge in [0, 0.05) is 10.9 Å². The second-order valence-electron chi connectivity index (χ2n) is 4.37. The molecular weight excluding hydrogens is 291 g/mol. The first kappa shape index (κ1) is 13.5. The van der Waals surface area contributed by atoms with E-state index in [9.17, 15) is 9.18 Å². The Kier molecular flexibility index (Phi) is 3.28. The van der Waals surface area contributed by atoms with Gasteiger partial charge in [0.05, 0.1) is 11.4 Å². The van der Waals surface area contributed by atoms with Gasteiger partial charge in [0.25, 0.3) is 5.91 Å². The minimum absolute atomic E-state index is 0.304. The molecule has 2 heterocycles. The van der Waals surface area contributed by atoms with Crippen molar-refractivity contribution in [1.82, 2.24) is 10.4 Å². The Morgan fingerprint density at radius 2 is 1.90 bits per heavy atom. The van der Waals surface area contributed by atoms with Gasteiger partial charge >= 0.3 is 0 Å². The summed E-state index contributed by atoms with van der Waals surface area (Å²) in [6, 6.07) is 9.61. The summed E-state index contributed by atoms with van der Waals surface area (Å²) in [7, 11) is 0. The third-order valence-electron chi connectivity index (χ3n) is 3.07. The molecule has 3 aromatic rings. The monoisotopic (exact) mass is 302 g/mol. The molecule has 2 aromatic heterocycles. The quantitative estimate of drug-likeness (QED) is 0.384. The number of aromatic nitrogens is 1. The van der Waals surface area contributed by atoms with Crippen LogP contribution in [0.3, 0.4) is 0 Å². The highest BCUT2D eigenvalue weighted by molar-refractivity contribution is 7.21. The number of amides is 1. The minimum Gasteiger partial charge on any atom is -0.397 e. The number of nitrogens with one attached hydrogen (secondary N) is 1. The molecule has 0 spiro atoms.